The van der Waals surface area contributed by atoms with E-state index in [1.165, 1.54) is 0 Å². The van der Waals surface area contributed by atoms with Gasteiger partial charge in [-0.25, -0.2) is 0 Å². The van der Waals surface area contributed by atoms with Crippen molar-refractivity contribution in [2.24, 2.45) is 5.73 Å². The van der Waals surface area contributed by atoms with Crippen LogP contribution >= 0.6 is 0 Å². The summed E-state index contributed by atoms with van der Waals surface area (Å²) in [4.78, 5) is 10.3. The van der Waals surface area contributed by atoms with E-state index in [-0.39, 0.29) is 13.2 Å². The molecule has 0 aliphatic heterocycles. The lowest BCUT2D eigenvalue weighted by Crippen LogP contribution is -2.47. The third kappa shape index (κ3) is 4.26. The van der Waals surface area contributed by atoms with Gasteiger partial charge in [0.25, 0.3) is 0 Å². The number of aliphatic hydroxyl groups excluding tert-OH is 2. The molecule has 4 N–H and O–H groups in total. The molecule has 0 spiro atoms. The van der Waals surface area contributed by atoms with Crippen molar-refractivity contribution in [1.82, 2.24) is 0 Å². The van der Waals surface area contributed by atoms with Crippen LogP contribution in [0.1, 0.15) is 17.5 Å². The third-order valence-electron chi connectivity index (χ3n) is 2.88. The predicted octanol–water partition coefficient (Wildman–Crippen LogP) is 0.0427. The molecule has 94 valence electrons. The van der Waals surface area contributed by atoms with E-state index in [9.17, 15) is 4.79 Å². The van der Waals surface area contributed by atoms with Crippen LogP contribution in [0.25, 0.3) is 0 Å². The van der Waals surface area contributed by atoms with E-state index in [2.05, 4.69) is 0 Å². The Morgan fingerprint density at radius 1 is 1.12 bits per heavy atom. The van der Waals surface area contributed by atoms with E-state index in [0.717, 1.165) is 17.4 Å². The summed E-state index contributed by atoms with van der Waals surface area (Å²) in [5, 5.41) is 18.1. The van der Waals surface area contributed by atoms with Crippen molar-refractivity contribution < 1.29 is 15.0 Å². The van der Waals surface area contributed by atoms with Crippen LogP contribution in [0.5, 0.6) is 0 Å². The molecular formula is C13H19NO3. The first kappa shape index (κ1) is 13.8. The van der Waals surface area contributed by atoms with Crippen LogP contribution < -0.4 is 5.73 Å². The van der Waals surface area contributed by atoms with Gasteiger partial charge >= 0.3 is 0 Å². The highest BCUT2D eigenvalue weighted by Gasteiger charge is 2.22. The normalized spacial score (nSPS) is 11.5. The summed E-state index contributed by atoms with van der Waals surface area (Å²) in [5.41, 5.74) is 6.92. The largest absolute Gasteiger partial charge is 0.394 e. The van der Waals surface area contributed by atoms with E-state index < -0.39 is 5.54 Å². The summed E-state index contributed by atoms with van der Waals surface area (Å²) in [6.07, 6.45) is 2.51. The van der Waals surface area contributed by atoms with E-state index in [0.29, 0.717) is 19.3 Å². The lowest BCUT2D eigenvalue weighted by molar-refractivity contribution is -0.107. The Hall–Kier alpha value is -1.23. The molecule has 1 aromatic rings. The van der Waals surface area contributed by atoms with Crippen molar-refractivity contribution in [3.63, 3.8) is 0 Å². The van der Waals surface area contributed by atoms with Crippen molar-refractivity contribution in [1.29, 1.82) is 0 Å². The minimum atomic E-state index is -0.915. The monoisotopic (exact) mass is 237 g/mol. The van der Waals surface area contributed by atoms with Crippen LogP contribution in [0.15, 0.2) is 24.3 Å². The Morgan fingerprint density at radius 3 is 2.12 bits per heavy atom. The van der Waals surface area contributed by atoms with E-state index in [1.807, 2.05) is 24.3 Å². The number of benzene rings is 1. The summed E-state index contributed by atoms with van der Waals surface area (Å²) in [7, 11) is 0. The summed E-state index contributed by atoms with van der Waals surface area (Å²) >= 11 is 0. The SMILES string of the molecule is NC(CO)(CO)CCc1ccc(CC=O)cc1. The molecule has 0 aliphatic carbocycles. The van der Waals surface area contributed by atoms with E-state index >= 15 is 0 Å². The van der Waals surface area contributed by atoms with Gasteiger partial charge in [-0.2, -0.15) is 0 Å². The maximum Gasteiger partial charge on any atom is 0.124 e. The van der Waals surface area contributed by atoms with Gasteiger partial charge in [-0.15, -0.1) is 0 Å². The Kier molecular flexibility index (Phi) is 5.28. The molecule has 0 saturated heterocycles. The fraction of sp³-hybridized carbons (Fsp3) is 0.462. The highest BCUT2D eigenvalue weighted by molar-refractivity contribution is 5.54. The number of aldehydes is 1. The highest BCUT2D eigenvalue weighted by atomic mass is 16.3. The average molecular weight is 237 g/mol. The van der Waals surface area contributed by atoms with Crippen LogP contribution in [0.3, 0.4) is 0 Å². The summed E-state index contributed by atoms with van der Waals surface area (Å²) in [6.45, 7) is -0.459. The third-order valence-corrected chi connectivity index (χ3v) is 2.88. The van der Waals surface area contributed by atoms with Gasteiger partial charge in [0, 0.05) is 6.42 Å². The standard InChI is InChI=1S/C13H19NO3/c14-13(9-16,10-17)7-5-11-1-3-12(4-2-11)6-8-15/h1-4,8,16-17H,5-7,9-10,14H2. The number of hydrogen-bond donors (Lipinski definition) is 3. The van der Waals surface area contributed by atoms with Crippen LogP contribution in [-0.4, -0.2) is 35.3 Å². The minimum absolute atomic E-state index is 0.229. The Bertz CT molecular complexity index is 344. The second-order valence-corrected chi connectivity index (χ2v) is 4.37. The number of carbonyl (C=O) groups excluding carboxylic acids is 1. The molecule has 0 saturated carbocycles. The maximum absolute atomic E-state index is 10.3. The average Bonchev–Trinajstić information content (AvgIpc) is 2.38. The van der Waals surface area contributed by atoms with Crippen molar-refractivity contribution in [2.45, 2.75) is 24.8 Å². The molecule has 4 heteroatoms. The summed E-state index contributed by atoms with van der Waals surface area (Å²) in [5.74, 6) is 0. The summed E-state index contributed by atoms with van der Waals surface area (Å²) in [6, 6.07) is 7.68. The van der Waals surface area contributed by atoms with Crippen LogP contribution in [-0.2, 0) is 17.6 Å². The Labute approximate surface area is 101 Å². The number of aliphatic hydroxyl groups is 2. The topological polar surface area (TPSA) is 83.6 Å². The van der Waals surface area contributed by atoms with Crippen LogP contribution in [0.4, 0.5) is 0 Å². The van der Waals surface area contributed by atoms with Gasteiger partial charge in [0.05, 0.1) is 18.8 Å². The predicted molar refractivity (Wildman–Crippen MR) is 65.6 cm³/mol. The zero-order chi connectivity index (χ0) is 12.7. The molecule has 1 aromatic carbocycles. The highest BCUT2D eigenvalue weighted by Crippen LogP contribution is 2.12. The molecule has 0 heterocycles. The first-order valence-corrected chi connectivity index (χ1v) is 5.65. The number of carbonyl (C=O) groups is 1. The molecule has 0 amide bonds. The fourth-order valence-corrected chi connectivity index (χ4v) is 1.54. The van der Waals surface area contributed by atoms with Crippen molar-refractivity contribution in [3.8, 4) is 0 Å². The molecule has 17 heavy (non-hydrogen) atoms. The molecule has 0 radical (unpaired) electrons. The lowest BCUT2D eigenvalue weighted by Gasteiger charge is -2.24. The summed E-state index contributed by atoms with van der Waals surface area (Å²) < 4.78 is 0. The maximum atomic E-state index is 10.3. The van der Waals surface area contributed by atoms with Gasteiger partial charge in [0.15, 0.2) is 0 Å². The minimum Gasteiger partial charge on any atom is -0.394 e. The second-order valence-electron chi connectivity index (χ2n) is 4.37. The number of aryl methyl sites for hydroxylation is 1. The smallest absolute Gasteiger partial charge is 0.124 e. The number of rotatable bonds is 7. The lowest BCUT2D eigenvalue weighted by atomic mass is 9.93. The van der Waals surface area contributed by atoms with Gasteiger partial charge in [0.2, 0.25) is 0 Å². The van der Waals surface area contributed by atoms with Gasteiger partial charge < -0.3 is 20.7 Å². The van der Waals surface area contributed by atoms with Crippen LogP contribution in [0, 0.1) is 0 Å². The van der Waals surface area contributed by atoms with E-state index in [1.54, 1.807) is 0 Å². The Balaban J connectivity index is 2.54. The van der Waals surface area contributed by atoms with E-state index in [4.69, 9.17) is 15.9 Å². The number of hydrogen-bond acceptors (Lipinski definition) is 4. The molecule has 0 aromatic heterocycles. The number of nitrogens with two attached hydrogens (primary N) is 1. The molecule has 0 aliphatic rings. The fourth-order valence-electron chi connectivity index (χ4n) is 1.54. The van der Waals surface area contributed by atoms with Gasteiger partial charge in [0.1, 0.15) is 6.29 Å². The zero-order valence-corrected chi connectivity index (χ0v) is 9.80. The second kappa shape index (κ2) is 6.49. The quantitative estimate of drug-likeness (QED) is 0.585. The Morgan fingerprint density at radius 2 is 1.65 bits per heavy atom. The first-order chi connectivity index (χ1) is 8.13. The molecular weight excluding hydrogens is 218 g/mol. The zero-order valence-electron chi connectivity index (χ0n) is 9.80. The van der Waals surface area contributed by atoms with Crippen molar-refractivity contribution >= 4 is 6.29 Å². The van der Waals surface area contributed by atoms with Gasteiger partial charge in [-0.3, -0.25) is 0 Å². The molecule has 1 rings (SSSR count). The molecule has 0 atom stereocenters. The van der Waals surface area contributed by atoms with Crippen molar-refractivity contribution in [3.05, 3.63) is 35.4 Å². The molecule has 4 nitrogen and oxygen atoms in total. The first-order valence-electron chi connectivity index (χ1n) is 5.65. The molecule has 0 bridgehead atoms. The van der Waals surface area contributed by atoms with Gasteiger partial charge in [-0.1, -0.05) is 24.3 Å². The molecule has 0 fully saturated rings. The van der Waals surface area contributed by atoms with Crippen LogP contribution in [0.2, 0.25) is 0 Å². The van der Waals surface area contributed by atoms with Gasteiger partial charge in [-0.05, 0) is 24.0 Å². The van der Waals surface area contributed by atoms with Crippen molar-refractivity contribution in [2.75, 3.05) is 13.2 Å². The molecule has 0 unspecified atom stereocenters.